The van der Waals surface area contributed by atoms with Gasteiger partial charge in [-0.1, -0.05) is 158 Å². The maximum Gasteiger partial charge on any atom is 0.0547 e. The third-order valence-electron chi connectivity index (χ3n) is 11.5. The van der Waals surface area contributed by atoms with Gasteiger partial charge in [0.15, 0.2) is 0 Å². The number of benzene rings is 10. The summed E-state index contributed by atoms with van der Waals surface area (Å²) in [6, 6.07) is 83.7. The summed E-state index contributed by atoms with van der Waals surface area (Å²) in [6.45, 7) is 0. The molecule has 0 unspecified atom stereocenters. The summed E-state index contributed by atoms with van der Waals surface area (Å²) in [4.78, 5) is 2.38. The molecule has 0 atom stereocenters. The number of anilines is 3. The lowest BCUT2D eigenvalue weighted by Crippen LogP contribution is -2.10. The molecule has 0 aliphatic heterocycles. The molecule has 0 radical (unpaired) electrons. The van der Waals surface area contributed by atoms with Crippen molar-refractivity contribution in [3.63, 3.8) is 0 Å². The summed E-state index contributed by atoms with van der Waals surface area (Å²) in [5.41, 5.74) is 14.1. The molecule has 0 aliphatic carbocycles. The Bertz CT molecular complexity index is 3280. The van der Waals surface area contributed by atoms with E-state index in [1.165, 1.54) is 71.2 Å². The summed E-state index contributed by atoms with van der Waals surface area (Å²) in [5, 5.41) is 7.46. The van der Waals surface area contributed by atoms with E-state index >= 15 is 0 Å². The molecular weight excluding hydrogens is 701 g/mol. The molecule has 0 saturated carbocycles. The monoisotopic (exact) mass is 738 g/mol. The van der Waals surface area contributed by atoms with Gasteiger partial charge in [-0.15, -0.1) is 0 Å². The fourth-order valence-electron chi connectivity index (χ4n) is 8.74. The smallest absolute Gasteiger partial charge is 0.0547 e. The van der Waals surface area contributed by atoms with Gasteiger partial charge >= 0.3 is 0 Å². The van der Waals surface area contributed by atoms with Crippen molar-refractivity contribution < 1.29 is 0 Å². The van der Waals surface area contributed by atoms with Crippen LogP contribution in [0.25, 0.3) is 82.4 Å². The summed E-state index contributed by atoms with van der Waals surface area (Å²) >= 11 is 0. The van der Waals surface area contributed by atoms with Crippen molar-refractivity contribution in [2.24, 2.45) is 0 Å². The van der Waals surface area contributed by atoms with Gasteiger partial charge in [0.2, 0.25) is 0 Å². The summed E-state index contributed by atoms with van der Waals surface area (Å²) in [6.07, 6.45) is 0. The molecule has 0 spiro atoms. The predicted molar refractivity (Wildman–Crippen MR) is 247 cm³/mol. The molecule has 11 rings (SSSR count). The van der Waals surface area contributed by atoms with Crippen molar-refractivity contribution in [2.45, 2.75) is 0 Å². The highest BCUT2D eigenvalue weighted by atomic mass is 15.1. The van der Waals surface area contributed by atoms with Gasteiger partial charge < -0.3 is 9.47 Å². The van der Waals surface area contributed by atoms with Gasteiger partial charge in [0, 0.05) is 33.5 Å². The van der Waals surface area contributed by atoms with Crippen molar-refractivity contribution in [3.05, 3.63) is 231 Å². The number of hydrogen-bond acceptors (Lipinski definition) is 1. The lowest BCUT2D eigenvalue weighted by molar-refractivity contribution is 1.18. The van der Waals surface area contributed by atoms with Crippen LogP contribution in [0.1, 0.15) is 0 Å². The number of para-hydroxylation sites is 2. The van der Waals surface area contributed by atoms with Crippen molar-refractivity contribution in [1.29, 1.82) is 0 Å². The summed E-state index contributed by atoms with van der Waals surface area (Å²) < 4.78 is 2.39. The van der Waals surface area contributed by atoms with Crippen LogP contribution in [-0.4, -0.2) is 4.57 Å². The first-order valence-corrected chi connectivity index (χ1v) is 19.9. The van der Waals surface area contributed by atoms with Crippen LogP contribution in [0.2, 0.25) is 0 Å². The summed E-state index contributed by atoms with van der Waals surface area (Å²) in [5.74, 6) is 0. The van der Waals surface area contributed by atoms with Gasteiger partial charge in [-0.25, -0.2) is 0 Å². The van der Waals surface area contributed by atoms with Gasteiger partial charge in [0.05, 0.1) is 11.0 Å². The number of rotatable bonds is 7. The van der Waals surface area contributed by atoms with Gasteiger partial charge in [0.25, 0.3) is 0 Å². The van der Waals surface area contributed by atoms with Crippen LogP contribution in [0.5, 0.6) is 0 Å². The standard InChI is InChI=1S/C56H38N2/c1-2-20-48(21-3-1)58-54-25-9-8-23-53(54)56-52(24-12-26-55(56)58)47-19-10-17-43(36-47)45-18-11-22-50(38-45)57(51-34-31-40-14-5-7-16-44(40)37-51)49-32-29-41(30-33-49)46-28-27-39-13-4-6-15-42(39)35-46/h1-38H. The molecular formula is C56H38N2. The third-order valence-corrected chi connectivity index (χ3v) is 11.5. The molecule has 0 bridgehead atoms. The number of fused-ring (bicyclic) bond motifs is 5. The van der Waals surface area contributed by atoms with Crippen LogP contribution >= 0.6 is 0 Å². The van der Waals surface area contributed by atoms with E-state index in [1.54, 1.807) is 0 Å². The second-order valence-electron chi connectivity index (χ2n) is 15.0. The lowest BCUT2D eigenvalue weighted by Gasteiger charge is -2.26. The first kappa shape index (κ1) is 33.6. The van der Waals surface area contributed by atoms with E-state index < -0.39 is 0 Å². The second kappa shape index (κ2) is 14.1. The third kappa shape index (κ3) is 5.91. The predicted octanol–water partition coefficient (Wildman–Crippen LogP) is 15.6. The van der Waals surface area contributed by atoms with Gasteiger partial charge in [-0.3, -0.25) is 0 Å². The van der Waals surface area contributed by atoms with Crippen molar-refractivity contribution in [2.75, 3.05) is 4.90 Å². The van der Waals surface area contributed by atoms with Crippen LogP contribution in [0.4, 0.5) is 17.1 Å². The maximum atomic E-state index is 2.39. The molecule has 0 fully saturated rings. The molecule has 11 aromatic rings. The van der Waals surface area contributed by atoms with E-state index in [0.29, 0.717) is 0 Å². The Labute approximate surface area is 338 Å². The number of nitrogens with zero attached hydrogens (tertiary/aromatic N) is 2. The minimum absolute atomic E-state index is 1.10. The molecule has 10 aromatic carbocycles. The van der Waals surface area contributed by atoms with E-state index in [-0.39, 0.29) is 0 Å². The van der Waals surface area contributed by atoms with Crippen molar-refractivity contribution in [1.82, 2.24) is 4.57 Å². The second-order valence-corrected chi connectivity index (χ2v) is 15.0. The zero-order valence-corrected chi connectivity index (χ0v) is 31.8. The van der Waals surface area contributed by atoms with E-state index in [9.17, 15) is 0 Å². The average Bonchev–Trinajstić information content (AvgIpc) is 3.64. The molecule has 0 amide bonds. The average molecular weight is 739 g/mol. The van der Waals surface area contributed by atoms with E-state index in [2.05, 4.69) is 240 Å². The first-order valence-electron chi connectivity index (χ1n) is 19.9. The summed E-state index contributed by atoms with van der Waals surface area (Å²) in [7, 11) is 0. The highest BCUT2D eigenvalue weighted by Crippen LogP contribution is 2.42. The van der Waals surface area contributed by atoms with Crippen molar-refractivity contribution in [3.8, 4) is 39.1 Å². The van der Waals surface area contributed by atoms with Crippen LogP contribution in [0.3, 0.4) is 0 Å². The normalized spacial score (nSPS) is 11.4. The van der Waals surface area contributed by atoms with E-state index in [1.807, 2.05) is 0 Å². The Hall–Kier alpha value is -7.68. The highest BCUT2D eigenvalue weighted by Gasteiger charge is 2.18. The van der Waals surface area contributed by atoms with Crippen LogP contribution in [0.15, 0.2) is 231 Å². The minimum atomic E-state index is 1.10. The zero-order chi connectivity index (χ0) is 38.4. The van der Waals surface area contributed by atoms with Gasteiger partial charge in [0.1, 0.15) is 0 Å². The van der Waals surface area contributed by atoms with Gasteiger partial charge in [-0.05, 0) is 128 Å². The lowest BCUT2D eigenvalue weighted by atomic mass is 9.95. The molecule has 0 saturated heterocycles. The SMILES string of the molecule is c1ccc(-n2c3ccccc3c3c(-c4cccc(-c5cccc(N(c6ccc(-c7ccc8ccccc8c7)cc6)c6ccc7ccccc7c6)c5)c4)cccc32)cc1. The Kier molecular flexibility index (Phi) is 8.19. The highest BCUT2D eigenvalue weighted by molar-refractivity contribution is 6.16. The molecule has 1 heterocycles. The largest absolute Gasteiger partial charge is 0.310 e. The molecule has 58 heavy (non-hydrogen) atoms. The molecule has 2 nitrogen and oxygen atoms in total. The maximum absolute atomic E-state index is 2.39. The quantitative estimate of drug-likeness (QED) is 0.158. The molecule has 0 N–H and O–H groups in total. The fraction of sp³-hybridized carbons (Fsp3) is 0. The van der Waals surface area contributed by atoms with Crippen LogP contribution in [0, 0.1) is 0 Å². The van der Waals surface area contributed by atoms with Crippen molar-refractivity contribution >= 4 is 60.4 Å². The Balaban J connectivity index is 1.01. The van der Waals surface area contributed by atoms with Crippen LogP contribution < -0.4 is 4.90 Å². The van der Waals surface area contributed by atoms with E-state index in [4.69, 9.17) is 0 Å². The molecule has 2 heteroatoms. The van der Waals surface area contributed by atoms with E-state index in [0.717, 1.165) is 28.3 Å². The Morgan fingerprint density at radius 2 is 0.845 bits per heavy atom. The number of aromatic nitrogens is 1. The molecule has 272 valence electrons. The Morgan fingerprint density at radius 3 is 1.66 bits per heavy atom. The molecule has 0 aliphatic rings. The fourth-order valence-corrected chi connectivity index (χ4v) is 8.74. The Morgan fingerprint density at radius 1 is 0.293 bits per heavy atom. The topological polar surface area (TPSA) is 8.17 Å². The zero-order valence-electron chi connectivity index (χ0n) is 31.8. The minimum Gasteiger partial charge on any atom is -0.310 e. The number of hydrogen-bond donors (Lipinski definition) is 0. The molecule has 1 aromatic heterocycles. The van der Waals surface area contributed by atoms with Crippen LogP contribution in [-0.2, 0) is 0 Å². The van der Waals surface area contributed by atoms with Gasteiger partial charge in [-0.2, -0.15) is 0 Å². The first-order chi connectivity index (χ1) is 28.7.